The largest absolute Gasteiger partial charge is 0.489 e. The third kappa shape index (κ3) is 4.22. The standard InChI is InChI=1S/C23H26N2O6/c1-15-20(21(27)24-23(14-26)7-10-29-11-8-23)18-12-17(5-6-19(18)31-15)30-13-16-4-3-9-25(2)22(16)28/h3-6,9,12,26H,7-8,10-11,13-14H2,1-2H3,(H,24,27). The highest BCUT2D eigenvalue weighted by molar-refractivity contribution is 6.07. The Bertz CT molecular complexity index is 1160. The monoisotopic (exact) mass is 426 g/mol. The Morgan fingerprint density at radius 1 is 1.29 bits per heavy atom. The number of aromatic nitrogens is 1. The van der Waals surface area contributed by atoms with Gasteiger partial charge in [0.05, 0.1) is 23.3 Å². The number of amides is 1. The summed E-state index contributed by atoms with van der Waals surface area (Å²) in [5, 5.41) is 13.5. The summed E-state index contributed by atoms with van der Waals surface area (Å²) in [6.45, 7) is 2.67. The van der Waals surface area contributed by atoms with Crippen molar-refractivity contribution in [2.24, 2.45) is 7.05 Å². The Hall–Kier alpha value is -3.10. The molecule has 164 valence electrons. The van der Waals surface area contributed by atoms with Crippen LogP contribution in [-0.4, -0.2) is 40.9 Å². The van der Waals surface area contributed by atoms with E-state index < -0.39 is 5.54 Å². The molecule has 0 aliphatic carbocycles. The Kier molecular flexibility index (Phi) is 5.84. The second kappa shape index (κ2) is 8.56. The number of fused-ring (bicyclic) bond motifs is 1. The van der Waals surface area contributed by atoms with Crippen molar-refractivity contribution in [1.82, 2.24) is 9.88 Å². The van der Waals surface area contributed by atoms with Crippen LogP contribution < -0.4 is 15.6 Å². The number of ether oxygens (including phenoxy) is 2. The number of aryl methyl sites for hydroxylation is 2. The van der Waals surface area contributed by atoms with Crippen molar-refractivity contribution in [3.63, 3.8) is 0 Å². The van der Waals surface area contributed by atoms with Gasteiger partial charge in [-0.1, -0.05) is 0 Å². The van der Waals surface area contributed by atoms with E-state index in [1.54, 1.807) is 50.5 Å². The van der Waals surface area contributed by atoms with E-state index in [0.29, 0.717) is 59.7 Å². The number of hydrogen-bond donors (Lipinski definition) is 2. The Balaban J connectivity index is 1.59. The van der Waals surface area contributed by atoms with Crippen molar-refractivity contribution >= 4 is 16.9 Å². The van der Waals surface area contributed by atoms with Gasteiger partial charge in [0.1, 0.15) is 23.7 Å². The second-order valence-corrected chi connectivity index (χ2v) is 7.93. The topological polar surface area (TPSA) is 103 Å². The fraction of sp³-hybridized carbons (Fsp3) is 0.391. The van der Waals surface area contributed by atoms with Gasteiger partial charge in [0, 0.05) is 31.8 Å². The fourth-order valence-electron chi connectivity index (χ4n) is 3.88. The summed E-state index contributed by atoms with van der Waals surface area (Å²) in [6.07, 6.45) is 2.78. The number of nitrogens with one attached hydrogen (secondary N) is 1. The van der Waals surface area contributed by atoms with Crippen LogP contribution in [0.25, 0.3) is 11.0 Å². The summed E-state index contributed by atoms with van der Waals surface area (Å²) in [4.78, 5) is 25.3. The van der Waals surface area contributed by atoms with Crippen LogP contribution in [-0.2, 0) is 18.4 Å². The summed E-state index contributed by atoms with van der Waals surface area (Å²) < 4.78 is 18.5. The highest BCUT2D eigenvalue weighted by Gasteiger charge is 2.35. The van der Waals surface area contributed by atoms with E-state index in [1.165, 1.54) is 4.57 Å². The molecular weight excluding hydrogens is 400 g/mol. The van der Waals surface area contributed by atoms with E-state index in [9.17, 15) is 14.7 Å². The van der Waals surface area contributed by atoms with Gasteiger partial charge in [0.15, 0.2) is 0 Å². The lowest BCUT2D eigenvalue weighted by Crippen LogP contribution is -2.54. The van der Waals surface area contributed by atoms with Gasteiger partial charge in [-0.25, -0.2) is 0 Å². The van der Waals surface area contributed by atoms with Crippen molar-refractivity contribution in [1.29, 1.82) is 0 Å². The van der Waals surface area contributed by atoms with Crippen LogP contribution in [0.15, 0.2) is 45.7 Å². The Labute approximate surface area is 179 Å². The van der Waals surface area contributed by atoms with Gasteiger partial charge in [0.25, 0.3) is 11.5 Å². The molecule has 4 rings (SSSR count). The first kappa shape index (κ1) is 21.1. The molecule has 8 heteroatoms. The highest BCUT2D eigenvalue weighted by Crippen LogP contribution is 2.30. The van der Waals surface area contributed by atoms with Crippen LogP contribution in [0.4, 0.5) is 0 Å². The van der Waals surface area contributed by atoms with Gasteiger partial charge in [-0.2, -0.15) is 0 Å². The predicted octanol–water partition coefficient (Wildman–Crippen LogP) is 2.29. The molecule has 0 unspecified atom stereocenters. The first-order valence-corrected chi connectivity index (χ1v) is 10.2. The number of hydrogen-bond acceptors (Lipinski definition) is 6. The smallest absolute Gasteiger partial charge is 0.256 e. The molecule has 0 spiro atoms. The van der Waals surface area contributed by atoms with Gasteiger partial charge in [-0.05, 0) is 50.1 Å². The van der Waals surface area contributed by atoms with Gasteiger partial charge in [0.2, 0.25) is 0 Å². The lowest BCUT2D eigenvalue weighted by molar-refractivity contribution is 0.0125. The minimum atomic E-state index is -0.702. The first-order valence-electron chi connectivity index (χ1n) is 10.2. The number of aliphatic hydroxyl groups excluding tert-OH is 1. The number of benzene rings is 1. The lowest BCUT2D eigenvalue weighted by Gasteiger charge is -2.36. The number of aliphatic hydroxyl groups is 1. The zero-order chi connectivity index (χ0) is 22.0. The molecule has 1 amide bonds. The summed E-state index contributed by atoms with van der Waals surface area (Å²) in [5.74, 6) is 0.708. The minimum Gasteiger partial charge on any atom is -0.489 e. The molecule has 3 heterocycles. The van der Waals surface area contributed by atoms with Gasteiger partial charge in [-0.15, -0.1) is 0 Å². The third-order valence-corrected chi connectivity index (χ3v) is 5.79. The Morgan fingerprint density at radius 2 is 2.06 bits per heavy atom. The molecule has 3 aromatic rings. The number of pyridine rings is 1. The van der Waals surface area contributed by atoms with Crippen LogP contribution in [0.1, 0.15) is 34.5 Å². The molecule has 31 heavy (non-hydrogen) atoms. The number of furan rings is 1. The summed E-state index contributed by atoms with van der Waals surface area (Å²) in [5.41, 5.74) is 0.697. The molecule has 1 aliphatic heterocycles. The van der Waals surface area contributed by atoms with Crippen LogP contribution in [0, 0.1) is 6.92 Å². The van der Waals surface area contributed by atoms with Crippen LogP contribution in [0.2, 0.25) is 0 Å². The number of rotatable bonds is 6. The molecule has 0 radical (unpaired) electrons. The van der Waals surface area contributed by atoms with E-state index in [0.717, 1.165) is 0 Å². The maximum Gasteiger partial charge on any atom is 0.256 e. The molecule has 8 nitrogen and oxygen atoms in total. The zero-order valence-corrected chi connectivity index (χ0v) is 17.6. The second-order valence-electron chi connectivity index (χ2n) is 7.93. The van der Waals surface area contributed by atoms with E-state index >= 15 is 0 Å². The van der Waals surface area contributed by atoms with Crippen molar-refractivity contribution in [3.8, 4) is 5.75 Å². The molecule has 1 aliphatic rings. The molecule has 0 bridgehead atoms. The molecule has 0 saturated carbocycles. The number of nitrogens with zero attached hydrogens (tertiary/aromatic N) is 1. The van der Waals surface area contributed by atoms with Gasteiger partial charge >= 0.3 is 0 Å². The van der Waals surface area contributed by atoms with Gasteiger partial charge in [-0.3, -0.25) is 9.59 Å². The van der Waals surface area contributed by atoms with E-state index in [-0.39, 0.29) is 24.7 Å². The summed E-state index contributed by atoms with van der Waals surface area (Å²) >= 11 is 0. The predicted molar refractivity (Wildman–Crippen MR) is 114 cm³/mol. The van der Waals surface area contributed by atoms with Crippen molar-refractivity contribution in [2.45, 2.75) is 31.9 Å². The van der Waals surface area contributed by atoms with Crippen LogP contribution >= 0.6 is 0 Å². The third-order valence-electron chi connectivity index (χ3n) is 5.79. The minimum absolute atomic E-state index is 0.116. The summed E-state index contributed by atoms with van der Waals surface area (Å²) in [7, 11) is 1.69. The SMILES string of the molecule is Cc1oc2ccc(OCc3cccn(C)c3=O)cc2c1C(=O)NC1(CO)CCOCC1. The quantitative estimate of drug-likeness (QED) is 0.627. The van der Waals surface area contributed by atoms with Crippen molar-refractivity contribution in [2.75, 3.05) is 19.8 Å². The first-order chi connectivity index (χ1) is 14.9. The highest BCUT2D eigenvalue weighted by atomic mass is 16.5. The molecule has 1 saturated heterocycles. The Morgan fingerprint density at radius 3 is 2.81 bits per heavy atom. The van der Waals surface area contributed by atoms with E-state index in [2.05, 4.69) is 5.32 Å². The van der Waals surface area contributed by atoms with Crippen LogP contribution in [0.3, 0.4) is 0 Å². The molecule has 2 aromatic heterocycles. The lowest BCUT2D eigenvalue weighted by atomic mass is 9.90. The number of carbonyl (C=O) groups is 1. The summed E-state index contributed by atoms with van der Waals surface area (Å²) in [6, 6.07) is 8.74. The van der Waals surface area contributed by atoms with Crippen molar-refractivity contribution in [3.05, 3.63) is 63.8 Å². The molecule has 1 aromatic carbocycles. The molecule has 2 N–H and O–H groups in total. The average Bonchev–Trinajstić information content (AvgIpc) is 3.10. The zero-order valence-electron chi connectivity index (χ0n) is 17.6. The average molecular weight is 426 g/mol. The fourth-order valence-corrected chi connectivity index (χ4v) is 3.88. The van der Waals surface area contributed by atoms with E-state index in [4.69, 9.17) is 13.9 Å². The maximum absolute atomic E-state index is 13.1. The van der Waals surface area contributed by atoms with Gasteiger partial charge < -0.3 is 28.9 Å². The van der Waals surface area contributed by atoms with Crippen LogP contribution in [0.5, 0.6) is 5.75 Å². The molecule has 0 atom stereocenters. The van der Waals surface area contributed by atoms with E-state index in [1.807, 2.05) is 0 Å². The number of carbonyl (C=O) groups excluding carboxylic acids is 1. The molecular formula is C23H26N2O6. The normalized spacial score (nSPS) is 15.7. The maximum atomic E-state index is 13.1. The molecule has 1 fully saturated rings. The van der Waals surface area contributed by atoms with Crippen molar-refractivity contribution < 1.29 is 23.8 Å².